The molecule has 6 nitrogen and oxygen atoms in total. The Hall–Kier alpha value is -2.63. The van der Waals surface area contributed by atoms with E-state index in [1.165, 1.54) is 10.6 Å². The lowest BCUT2D eigenvalue weighted by Crippen LogP contribution is -2.29. The molecule has 1 aromatic heterocycles. The third-order valence-electron chi connectivity index (χ3n) is 2.68. The predicted molar refractivity (Wildman–Crippen MR) is 68.7 cm³/mol. The van der Waals surface area contributed by atoms with E-state index in [1.807, 2.05) is 0 Å². The maximum Gasteiger partial charge on any atom is 0.333 e. The van der Waals surface area contributed by atoms with Gasteiger partial charge in [0.15, 0.2) is 0 Å². The van der Waals surface area contributed by atoms with E-state index in [1.54, 1.807) is 31.2 Å². The minimum atomic E-state index is -0.912. The van der Waals surface area contributed by atoms with Crippen molar-refractivity contribution in [2.75, 3.05) is 0 Å². The largest absolute Gasteiger partial charge is 0.481 e. The van der Waals surface area contributed by atoms with E-state index in [9.17, 15) is 14.4 Å². The van der Waals surface area contributed by atoms with Crippen LogP contribution in [0.5, 0.6) is 0 Å². The van der Waals surface area contributed by atoms with Crippen molar-refractivity contribution in [3.8, 4) is 5.69 Å². The van der Waals surface area contributed by atoms with E-state index in [0.717, 1.165) is 0 Å². The van der Waals surface area contributed by atoms with E-state index in [-0.39, 0.29) is 6.42 Å². The number of hydrogen-bond acceptors (Lipinski definition) is 3. The normalized spacial score (nSPS) is 10.4. The molecule has 0 atom stereocenters. The van der Waals surface area contributed by atoms with Crippen molar-refractivity contribution in [2.24, 2.45) is 0 Å². The first kappa shape index (κ1) is 12.8. The van der Waals surface area contributed by atoms with Crippen molar-refractivity contribution in [2.45, 2.75) is 13.3 Å². The van der Waals surface area contributed by atoms with Crippen molar-refractivity contribution in [1.82, 2.24) is 9.55 Å². The molecular formula is C13H12N2O4. The SMILES string of the molecule is Cc1cc(=O)[nH]c(=O)n1-c1ccc(CC(=O)O)cc1. The third-order valence-corrected chi connectivity index (χ3v) is 2.68. The zero-order valence-electron chi connectivity index (χ0n) is 10.2. The minimum absolute atomic E-state index is 0.0697. The van der Waals surface area contributed by atoms with E-state index >= 15 is 0 Å². The molecule has 0 saturated carbocycles. The average Bonchev–Trinajstić information content (AvgIpc) is 2.29. The van der Waals surface area contributed by atoms with Gasteiger partial charge in [0.25, 0.3) is 5.56 Å². The first-order valence-corrected chi connectivity index (χ1v) is 5.61. The number of rotatable bonds is 3. The number of benzene rings is 1. The summed E-state index contributed by atoms with van der Waals surface area (Å²) in [6.45, 7) is 1.65. The van der Waals surface area contributed by atoms with Crippen LogP contribution in [0.1, 0.15) is 11.3 Å². The van der Waals surface area contributed by atoms with Crippen LogP contribution in [-0.4, -0.2) is 20.6 Å². The lowest BCUT2D eigenvalue weighted by atomic mass is 10.1. The summed E-state index contributed by atoms with van der Waals surface area (Å²) in [4.78, 5) is 35.6. The molecule has 0 spiro atoms. The number of carbonyl (C=O) groups is 1. The van der Waals surface area contributed by atoms with Gasteiger partial charge in [-0.05, 0) is 24.6 Å². The van der Waals surface area contributed by atoms with E-state index < -0.39 is 17.2 Å². The fraction of sp³-hybridized carbons (Fsp3) is 0.154. The molecule has 0 aliphatic rings. The number of carboxylic acid groups (broad SMARTS) is 1. The topological polar surface area (TPSA) is 92.2 Å². The molecule has 0 amide bonds. The van der Waals surface area contributed by atoms with Gasteiger partial charge in [-0.15, -0.1) is 0 Å². The van der Waals surface area contributed by atoms with Gasteiger partial charge in [-0.2, -0.15) is 0 Å². The molecule has 0 unspecified atom stereocenters. The van der Waals surface area contributed by atoms with Gasteiger partial charge in [0.05, 0.1) is 12.1 Å². The average molecular weight is 260 g/mol. The Labute approximate surface area is 108 Å². The summed E-state index contributed by atoms with van der Waals surface area (Å²) in [6.07, 6.45) is -0.0697. The Morgan fingerprint density at radius 1 is 1.26 bits per heavy atom. The second kappa shape index (κ2) is 4.93. The monoisotopic (exact) mass is 260 g/mol. The Bertz CT molecular complexity index is 726. The Balaban J connectivity index is 2.46. The number of H-pyrrole nitrogens is 1. The van der Waals surface area contributed by atoms with E-state index in [0.29, 0.717) is 16.9 Å². The summed E-state index contributed by atoms with van der Waals surface area (Å²) in [6, 6.07) is 7.89. The zero-order chi connectivity index (χ0) is 14.0. The second-order valence-corrected chi connectivity index (χ2v) is 4.15. The van der Waals surface area contributed by atoms with Crippen LogP contribution in [0.2, 0.25) is 0 Å². The molecule has 19 heavy (non-hydrogen) atoms. The fourth-order valence-electron chi connectivity index (χ4n) is 1.87. The summed E-state index contributed by atoms with van der Waals surface area (Å²) in [5.41, 5.74) is 0.774. The molecule has 1 heterocycles. The van der Waals surface area contributed by atoms with Gasteiger partial charge in [0.1, 0.15) is 0 Å². The van der Waals surface area contributed by atoms with Gasteiger partial charge in [-0.3, -0.25) is 19.1 Å². The molecule has 0 radical (unpaired) electrons. The quantitative estimate of drug-likeness (QED) is 0.838. The standard InChI is InChI=1S/C13H12N2O4/c1-8-6-11(16)14-13(19)15(8)10-4-2-9(3-5-10)7-12(17)18/h2-6H,7H2,1H3,(H,17,18)(H,14,16,19). The number of nitrogens with one attached hydrogen (secondary N) is 1. The van der Waals surface area contributed by atoms with Gasteiger partial charge >= 0.3 is 11.7 Å². The molecule has 0 fully saturated rings. The number of aliphatic carboxylic acids is 1. The summed E-state index contributed by atoms with van der Waals surface area (Å²) < 4.78 is 1.35. The first-order valence-electron chi connectivity index (χ1n) is 5.61. The highest BCUT2D eigenvalue weighted by Crippen LogP contribution is 2.09. The van der Waals surface area contributed by atoms with Crippen LogP contribution in [0.25, 0.3) is 5.69 Å². The van der Waals surface area contributed by atoms with Crippen LogP contribution in [0.15, 0.2) is 39.9 Å². The Morgan fingerprint density at radius 3 is 2.42 bits per heavy atom. The molecule has 0 aliphatic heterocycles. The molecule has 98 valence electrons. The first-order chi connectivity index (χ1) is 8.97. The lowest BCUT2D eigenvalue weighted by Gasteiger charge is -2.09. The Morgan fingerprint density at radius 2 is 1.89 bits per heavy atom. The van der Waals surface area contributed by atoms with Gasteiger partial charge in [-0.25, -0.2) is 4.79 Å². The molecule has 0 bridgehead atoms. The summed E-state index contributed by atoms with van der Waals surface area (Å²) in [5, 5.41) is 8.68. The molecule has 2 aromatic rings. The predicted octanol–water partition coefficient (Wildman–Crippen LogP) is 0.461. The van der Waals surface area contributed by atoms with Gasteiger partial charge in [0.2, 0.25) is 0 Å². The van der Waals surface area contributed by atoms with Crippen molar-refractivity contribution in [3.05, 3.63) is 62.4 Å². The van der Waals surface area contributed by atoms with Gasteiger partial charge in [0, 0.05) is 11.8 Å². The maximum atomic E-state index is 11.7. The van der Waals surface area contributed by atoms with Crippen LogP contribution in [0, 0.1) is 6.92 Å². The third kappa shape index (κ3) is 2.79. The number of aromatic nitrogens is 2. The van der Waals surface area contributed by atoms with Gasteiger partial charge in [-0.1, -0.05) is 12.1 Å². The van der Waals surface area contributed by atoms with E-state index in [4.69, 9.17) is 5.11 Å². The molecule has 6 heteroatoms. The summed E-state index contributed by atoms with van der Waals surface area (Å²) >= 11 is 0. The van der Waals surface area contributed by atoms with Crippen LogP contribution in [0.3, 0.4) is 0 Å². The van der Waals surface area contributed by atoms with Crippen LogP contribution >= 0.6 is 0 Å². The number of hydrogen-bond donors (Lipinski definition) is 2. The molecule has 0 saturated heterocycles. The van der Waals surface area contributed by atoms with Gasteiger partial charge < -0.3 is 5.11 Å². The van der Waals surface area contributed by atoms with E-state index in [2.05, 4.69) is 4.98 Å². The van der Waals surface area contributed by atoms with Crippen LogP contribution in [0.4, 0.5) is 0 Å². The number of carboxylic acids is 1. The zero-order valence-corrected chi connectivity index (χ0v) is 10.2. The van der Waals surface area contributed by atoms with Crippen molar-refractivity contribution in [3.63, 3.8) is 0 Å². The highest BCUT2D eigenvalue weighted by atomic mass is 16.4. The fourth-order valence-corrected chi connectivity index (χ4v) is 1.87. The number of aromatic amines is 1. The van der Waals surface area contributed by atoms with Crippen LogP contribution in [-0.2, 0) is 11.2 Å². The second-order valence-electron chi connectivity index (χ2n) is 4.15. The summed E-state index contributed by atoms with van der Waals surface area (Å²) in [7, 11) is 0. The summed E-state index contributed by atoms with van der Waals surface area (Å²) in [5.74, 6) is -0.912. The molecule has 2 rings (SSSR count). The molecular weight excluding hydrogens is 248 g/mol. The highest BCUT2D eigenvalue weighted by molar-refractivity contribution is 5.70. The Kier molecular flexibility index (Phi) is 3.33. The van der Waals surface area contributed by atoms with Crippen molar-refractivity contribution in [1.29, 1.82) is 0 Å². The minimum Gasteiger partial charge on any atom is -0.481 e. The molecule has 0 aliphatic carbocycles. The van der Waals surface area contributed by atoms with Crippen LogP contribution < -0.4 is 11.2 Å². The molecule has 1 aromatic carbocycles. The lowest BCUT2D eigenvalue weighted by molar-refractivity contribution is -0.136. The van der Waals surface area contributed by atoms with Crippen molar-refractivity contribution < 1.29 is 9.90 Å². The number of aryl methyl sites for hydroxylation is 1. The maximum absolute atomic E-state index is 11.7. The molecule has 2 N–H and O–H groups in total. The number of nitrogens with zero attached hydrogens (tertiary/aromatic N) is 1. The smallest absolute Gasteiger partial charge is 0.333 e. The highest BCUT2D eigenvalue weighted by Gasteiger charge is 2.06. The van der Waals surface area contributed by atoms with Crippen molar-refractivity contribution >= 4 is 5.97 Å².